The number of hydrogen-bond acceptors (Lipinski definition) is 2. The first-order valence-electron chi connectivity index (χ1n) is 5.81. The topological polar surface area (TPSA) is 32.3 Å². The van der Waals surface area contributed by atoms with E-state index in [1.54, 1.807) is 0 Å². The Hall–Kier alpha value is -1.35. The minimum atomic E-state index is -0.0380. The van der Waals surface area contributed by atoms with Crippen molar-refractivity contribution < 1.29 is 4.79 Å². The molecule has 2 heterocycles. The number of piperazine rings is 1. The van der Waals surface area contributed by atoms with E-state index in [-0.39, 0.29) is 11.4 Å². The van der Waals surface area contributed by atoms with Crippen LogP contribution in [-0.2, 0) is 6.42 Å². The lowest BCUT2D eigenvalue weighted by molar-refractivity contribution is 0.0381. The molecule has 0 spiro atoms. The van der Waals surface area contributed by atoms with E-state index in [0.29, 0.717) is 0 Å². The summed E-state index contributed by atoms with van der Waals surface area (Å²) in [5.41, 5.74) is 2.04. The van der Waals surface area contributed by atoms with Crippen molar-refractivity contribution in [1.82, 2.24) is 10.2 Å². The lowest BCUT2D eigenvalue weighted by Gasteiger charge is -2.48. The third-order valence-corrected chi connectivity index (χ3v) is 3.73. The Labute approximate surface area is 95.4 Å². The molecule has 3 heteroatoms. The molecule has 0 aliphatic carbocycles. The number of fused-ring (bicyclic) bond motifs is 2. The maximum atomic E-state index is 12.4. The SMILES string of the molecule is CC12CNCCN1C(=O)c1ccccc1C2. The second-order valence-corrected chi connectivity index (χ2v) is 4.96. The Balaban J connectivity index is 2.09. The highest BCUT2D eigenvalue weighted by Gasteiger charge is 2.42. The molecule has 16 heavy (non-hydrogen) atoms. The zero-order valence-electron chi connectivity index (χ0n) is 9.49. The van der Waals surface area contributed by atoms with Crippen LogP contribution in [0.25, 0.3) is 0 Å². The Bertz CT molecular complexity index is 443. The monoisotopic (exact) mass is 216 g/mol. The smallest absolute Gasteiger partial charge is 0.254 e. The van der Waals surface area contributed by atoms with E-state index < -0.39 is 0 Å². The van der Waals surface area contributed by atoms with Gasteiger partial charge in [0.2, 0.25) is 0 Å². The number of carbonyl (C=O) groups excluding carboxylic acids is 1. The highest BCUT2D eigenvalue weighted by atomic mass is 16.2. The summed E-state index contributed by atoms with van der Waals surface area (Å²) in [6.45, 7) is 4.80. The van der Waals surface area contributed by atoms with Gasteiger partial charge in [-0.25, -0.2) is 0 Å². The van der Waals surface area contributed by atoms with Crippen molar-refractivity contribution in [2.24, 2.45) is 0 Å². The van der Waals surface area contributed by atoms with Gasteiger partial charge in [-0.15, -0.1) is 0 Å². The molecular weight excluding hydrogens is 200 g/mol. The van der Waals surface area contributed by atoms with Gasteiger partial charge in [-0.05, 0) is 25.0 Å². The maximum Gasteiger partial charge on any atom is 0.254 e. The number of nitrogens with one attached hydrogen (secondary N) is 1. The molecule has 1 aromatic carbocycles. The van der Waals surface area contributed by atoms with Gasteiger partial charge in [-0.2, -0.15) is 0 Å². The summed E-state index contributed by atoms with van der Waals surface area (Å²) in [5, 5.41) is 3.38. The Kier molecular flexibility index (Phi) is 2.04. The van der Waals surface area contributed by atoms with Gasteiger partial charge in [0, 0.05) is 25.2 Å². The average Bonchev–Trinajstić information content (AvgIpc) is 2.28. The standard InChI is InChI=1S/C13H16N2O/c1-13-8-10-4-2-3-5-11(10)12(16)15(13)7-6-14-9-13/h2-5,14H,6-9H2,1H3. The molecule has 3 nitrogen and oxygen atoms in total. The molecular formula is C13H16N2O. The van der Waals surface area contributed by atoms with E-state index in [4.69, 9.17) is 0 Å². The highest BCUT2D eigenvalue weighted by molar-refractivity contribution is 5.97. The van der Waals surface area contributed by atoms with Crippen LogP contribution in [0, 0.1) is 0 Å². The van der Waals surface area contributed by atoms with Crippen LogP contribution < -0.4 is 5.32 Å². The van der Waals surface area contributed by atoms with Crippen molar-refractivity contribution in [3.05, 3.63) is 35.4 Å². The number of benzene rings is 1. The third kappa shape index (κ3) is 1.28. The quantitative estimate of drug-likeness (QED) is 0.703. The number of nitrogens with zero attached hydrogens (tertiary/aromatic N) is 1. The van der Waals surface area contributed by atoms with Crippen molar-refractivity contribution in [3.63, 3.8) is 0 Å². The van der Waals surface area contributed by atoms with Crippen molar-refractivity contribution in [3.8, 4) is 0 Å². The predicted molar refractivity (Wildman–Crippen MR) is 62.5 cm³/mol. The fourth-order valence-corrected chi connectivity index (χ4v) is 2.86. The Morgan fingerprint density at radius 2 is 2.19 bits per heavy atom. The summed E-state index contributed by atoms with van der Waals surface area (Å²) in [7, 11) is 0. The van der Waals surface area contributed by atoms with Gasteiger partial charge in [0.25, 0.3) is 5.91 Å². The van der Waals surface area contributed by atoms with E-state index >= 15 is 0 Å². The Morgan fingerprint density at radius 3 is 3.06 bits per heavy atom. The van der Waals surface area contributed by atoms with E-state index in [0.717, 1.165) is 31.6 Å². The first-order valence-corrected chi connectivity index (χ1v) is 5.81. The maximum absolute atomic E-state index is 12.4. The average molecular weight is 216 g/mol. The van der Waals surface area contributed by atoms with Gasteiger partial charge in [0.05, 0.1) is 5.54 Å². The minimum Gasteiger partial charge on any atom is -0.330 e. The molecule has 1 fully saturated rings. The van der Waals surface area contributed by atoms with Gasteiger partial charge in [-0.3, -0.25) is 4.79 Å². The first-order chi connectivity index (χ1) is 7.71. The summed E-state index contributed by atoms with van der Waals surface area (Å²) in [4.78, 5) is 14.4. The summed E-state index contributed by atoms with van der Waals surface area (Å²) in [6.07, 6.45) is 0.960. The molecule has 0 aromatic heterocycles. The first kappa shape index (κ1) is 9.85. The number of rotatable bonds is 0. The van der Waals surface area contributed by atoms with Crippen LogP contribution in [-0.4, -0.2) is 36.0 Å². The van der Waals surface area contributed by atoms with Gasteiger partial charge in [0.1, 0.15) is 0 Å². The second kappa shape index (κ2) is 3.32. The molecule has 0 bridgehead atoms. The molecule has 0 radical (unpaired) electrons. The lowest BCUT2D eigenvalue weighted by atomic mass is 9.82. The van der Waals surface area contributed by atoms with Gasteiger partial charge in [0.15, 0.2) is 0 Å². The molecule has 0 saturated carbocycles. The van der Waals surface area contributed by atoms with Crippen LogP contribution >= 0.6 is 0 Å². The van der Waals surface area contributed by atoms with Gasteiger partial charge < -0.3 is 10.2 Å². The van der Waals surface area contributed by atoms with Crippen LogP contribution in [0.5, 0.6) is 0 Å². The zero-order valence-corrected chi connectivity index (χ0v) is 9.49. The van der Waals surface area contributed by atoms with E-state index in [1.165, 1.54) is 5.56 Å². The molecule has 1 N–H and O–H groups in total. The molecule has 1 amide bonds. The molecule has 2 aliphatic heterocycles. The van der Waals surface area contributed by atoms with E-state index in [9.17, 15) is 4.79 Å². The van der Waals surface area contributed by atoms with Crippen molar-refractivity contribution >= 4 is 5.91 Å². The number of amides is 1. The van der Waals surface area contributed by atoms with Crippen molar-refractivity contribution in [1.29, 1.82) is 0 Å². The molecule has 1 unspecified atom stereocenters. The minimum absolute atomic E-state index is 0.0380. The number of hydrogen-bond donors (Lipinski definition) is 1. The van der Waals surface area contributed by atoms with Crippen LogP contribution in [0.2, 0.25) is 0 Å². The van der Waals surface area contributed by atoms with Crippen LogP contribution in [0.4, 0.5) is 0 Å². The van der Waals surface area contributed by atoms with Crippen LogP contribution in [0.1, 0.15) is 22.8 Å². The lowest BCUT2D eigenvalue weighted by Crippen LogP contribution is -2.64. The highest BCUT2D eigenvalue weighted by Crippen LogP contribution is 2.31. The Morgan fingerprint density at radius 1 is 1.38 bits per heavy atom. The predicted octanol–water partition coefficient (Wildman–Crippen LogP) is 1.05. The molecule has 84 valence electrons. The summed E-state index contributed by atoms with van der Waals surface area (Å²) < 4.78 is 0. The summed E-state index contributed by atoms with van der Waals surface area (Å²) in [5.74, 6) is 0.200. The fourth-order valence-electron chi connectivity index (χ4n) is 2.86. The molecule has 3 rings (SSSR count). The van der Waals surface area contributed by atoms with Crippen molar-refractivity contribution in [2.75, 3.05) is 19.6 Å². The number of carbonyl (C=O) groups is 1. The van der Waals surface area contributed by atoms with Crippen molar-refractivity contribution in [2.45, 2.75) is 18.9 Å². The summed E-state index contributed by atoms with van der Waals surface area (Å²) in [6, 6.07) is 7.98. The van der Waals surface area contributed by atoms with E-state index in [2.05, 4.69) is 18.3 Å². The molecule has 1 saturated heterocycles. The third-order valence-electron chi connectivity index (χ3n) is 3.73. The molecule has 1 atom stereocenters. The molecule has 1 aromatic rings. The zero-order chi connectivity index (χ0) is 11.2. The second-order valence-electron chi connectivity index (χ2n) is 4.96. The normalized spacial score (nSPS) is 28.6. The fraction of sp³-hybridized carbons (Fsp3) is 0.462. The van der Waals surface area contributed by atoms with Crippen LogP contribution in [0.15, 0.2) is 24.3 Å². The van der Waals surface area contributed by atoms with Gasteiger partial charge in [-0.1, -0.05) is 18.2 Å². The van der Waals surface area contributed by atoms with Gasteiger partial charge >= 0.3 is 0 Å². The van der Waals surface area contributed by atoms with Crippen LogP contribution in [0.3, 0.4) is 0 Å². The van der Waals surface area contributed by atoms with E-state index in [1.807, 2.05) is 23.1 Å². The summed E-state index contributed by atoms with van der Waals surface area (Å²) >= 11 is 0. The largest absolute Gasteiger partial charge is 0.330 e. The molecule has 2 aliphatic rings.